The summed E-state index contributed by atoms with van der Waals surface area (Å²) in [6.45, 7) is 4.56. The highest BCUT2D eigenvalue weighted by molar-refractivity contribution is 8.06. The fourth-order valence-electron chi connectivity index (χ4n) is 1.99. The molecule has 3 unspecified atom stereocenters. The molecule has 1 heterocycles. The van der Waals surface area contributed by atoms with Crippen molar-refractivity contribution < 1.29 is 0 Å². The van der Waals surface area contributed by atoms with E-state index in [0.29, 0.717) is 17.2 Å². The van der Waals surface area contributed by atoms with Crippen LogP contribution in [-0.2, 0) is 0 Å². The molecule has 1 aliphatic rings. The molecule has 0 saturated carbocycles. The Labute approximate surface area is 96.1 Å². The first-order valence-electron chi connectivity index (χ1n) is 5.45. The zero-order valence-corrected chi connectivity index (χ0v) is 10.8. The maximum absolute atomic E-state index is 5.66. The number of nitrogens with one attached hydrogen (secondary N) is 1. The Balaban J connectivity index is 2.41. The van der Waals surface area contributed by atoms with Crippen LogP contribution in [0.1, 0.15) is 26.7 Å². The molecule has 14 heavy (non-hydrogen) atoms. The van der Waals surface area contributed by atoms with E-state index in [1.165, 1.54) is 30.1 Å². The van der Waals surface area contributed by atoms with Crippen molar-refractivity contribution in [3.05, 3.63) is 0 Å². The molecule has 1 fully saturated rings. The van der Waals surface area contributed by atoms with Gasteiger partial charge in [-0.1, -0.05) is 20.3 Å². The number of hydrazine groups is 1. The number of thioether (sulfide) groups is 2. The molecule has 3 N–H and O–H groups in total. The molecule has 3 atom stereocenters. The summed E-state index contributed by atoms with van der Waals surface area (Å²) >= 11 is 4.15. The monoisotopic (exact) mass is 234 g/mol. The van der Waals surface area contributed by atoms with Gasteiger partial charge in [0.25, 0.3) is 0 Å². The van der Waals surface area contributed by atoms with Crippen molar-refractivity contribution in [3.8, 4) is 0 Å². The largest absolute Gasteiger partial charge is 0.271 e. The first kappa shape index (κ1) is 12.7. The molecule has 0 aromatic carbocycles. The molecular formula is C10H22N2S2. The van der Waals surface area contributed by atoms with Crippen molar-refractivity contribution in [3.63, 3.8) is 0 Å². The summed E-state index contributed by atoms with van der Waals surface area (Å²) in [5, 5.41) is 0.709. The lowest BCUT2D eigenvalue weighted by Crippen LogP contribution is -2.48. The molecule has 0 aliphatic carbocycles. The van der Waals surface area contributed by atoms with Crippen molar-refractivity contribution in [2.75, 3.05) is 17.3 Å². The van der Waals surface area contributed by atoms with Crippen molar-refractivity contribution in [1.29, 1.82) is 0 Å². The van der Waals surface area contributed by atoms with Gasteiger partial charge in [0.1, 0.15) is 0 Å². The van der Waals surface area contributed by atoms with Crippen LogP contribution in [0.25, 0.3) is 0 Å². The van der Waals surface area contributed by atoms with Gasteiger partial charge in [0.2, 0.25) is 0 Å². The predicted octanol–water partition coefficient (Wildman–Crippen LogP) is 2.10. The molecule has 4 heteroatoms. The summed E-state index contributed by atoms with van der Waals surface area (Å²) in [5.41, 5.74) is 3.02. The molecule has 0 amide bonds. The van der Waals surface area contributed by atoms with Crippen LogP contribution in [0.3, 0.4) is 0 Å². The molecule has 1 saturated heterocycles. The molecule has 0 aromatic heterocycles. The van der Waals surface area contributed by atoms with Crippen molar-refractivity contribution >= 4 is 23.5 Å². The van der Waals surface area contributed by atoms with Gasteiger partial charge >= 0.3 is 0 Å². The quantitative estimate of drug-likeness (QED) is 0.564. The lowest BCUT2D eigenvalue weighted by Gasteiger charge is -2.33. The van der Waals surface area contributed by atoms with Crippen molar-refractivity contribution in [1.82, 2.24) is 5.43 Å². The standard InChI is InChI=1S/C10H22N2S2/c1-3-4-8(2)10(12-11)9-7-13-5-6-14-9/h8-10,12H,3-7,11H2,1-2H3. The predicted molar refractivity (Wildman–Crippen MR) is 68.8 cm³/mol. The van der Waals surface area contributed by atoms with Gasteiger partial charge in [0, 0.05) is 28.6 Å². The zero-order valence-electron chi connectivity index (χ0n) is 9.16. The Morgan fingerprint density at radius 3 is 2.79 bits per heavy atom. The van der Waals surface area contributed by atoms with Crippen LogP contribution in [-0.4, -0.2) is 28.6 Å². The Kier molecular flexibility index (Phi) is 6.33. The van der Waals surface area contributed by atoms with Crippen molar-refractivity contribution in [2.24, 2.45) is 11.8 Å². The third-order valence-corrected chi connectivity index (χ3v) is 5.68. The molecule has 0 spiro atoms. The lowest BCUT2D eigenvalue weighted by molar-refractivity contribution is 0.358. The minimum atomic E-state index is 0.493. The summed E-state index contributed by atoms with van der Waals surface area (Å²) in [7, 11) is 0. The second-order valence-corrected chi connectivity index (χ2v) is 6.44. The van der Waals surface area contributed by atoms with Gasteiger partial charge in [-0.3, -0.25) is 11.3 Å². The SMILES string of the molecule is CCCC(C)C(NN)C1CSCCS1. The minimum Gasteiger partial charge on any atom is -0.271 e. The summed E-state index contributed by atoms with van der Waals surface area (Å²) in [5.74, 6) is 10.2. The van der Waals surface area contributed by atoms with Crippen LogP contribution in [0.15, 0.2) is 0 Å². The Morgan fingerprint density at radius 1 is 1.50 bits per heavy atom. The van der Waals surface area contributed by atoms with E-state index in [0.717, 1.165) is 0 Å². The topological polar surface area (TPSA) is 38.0 Å². The number of nitrogens with two attached hydrogens (primary N) is 1. The van der Waals surface area contributed by atoms with Gasteiger partial charge < -0.3 is 0 Å². The van der Waals surface area contributed by atoms with E-state index in [4.69, 9.17) is 5.84 Å². The number of rotatable bonds is 5. The minimum absolute atomic E-state index is 0.493. The van der Waals surface area contributed by atoms with Crippen LogP contribution >= 0.6 is 23.5 Å². The van der Waals surface area contributed by atoms with E-state index < -0.39 is 0 Å². The third kappa shape index (κ3) is 3.65. The van der Waals surface area contributed by atoms with Gasteiger partial charge in [0.15, 0.2) is 0 Å². The highest BCUT2D eigenvalue weighted by atomic mass is 32.2. The second kappa shape index (κ2) is 6.99. The van der Waals surface area contributed by atoms with Crippen LogP contribution in [0.4, 0.5) is 0 Å². The van der Waals surface area contributed by atoms with Gasteiger partial charge in [-0.05, 0) is 12.3 Å². The average molecular weight is 234 g/mol. The number of hydrogen-bond donors (Lipinski definition) is 2. The molecule has 0 aromatic rings. The average Bonchev–Trinajstić information content (AvgIpc) is 2.21. The molecule has 1 aliphatic heterocycles. The second-order valence-electron chi connectivity index (χ2n) is 3.94. The van der Waals surface area contributed by atoms with Crippen molar-refractivity contribution in [2.45, 2.75) is 38.0 Å². The van der Waals surface area contributed by atoms with E-state index in [1.807, 2.05) is 0 Å². The molecule has 84 valence electrons. The fourth-order valence-corrected chi connectivity index (χ4v) is 4.98. The molecule has 1 rings (SSSR count). The Hall–Kier alpha value is 0.620. The van der Waals surface area contributed by atoms with Crippen LogP contribution in [0, 0.1) is 5.92 Å². The first-order valence-corrected chi connectivity index (χ1v) is 7.65. The van der Waals surface area contributed by atoms with Crippen LogP contribution in [0.5, 0.6) is 0 Å². The van der Waals surface area contributed by atoms with E-state index in [-0.39, 0.29) is 0 Å². The Morgan fingerprint density at radius 2 is 2.29 bits per heavy atom. The van der Waals surface area contributed by atoms with Crippen LogP contribution < -0.4 is 11.3 Å². The smallest absolute Gasteiger partial charge is 0.0362 e. The first-order chi connectivity index (χ1) is 6.79. The Bertz CT molecular complexity index is 149. The van der Waals surface area contributed by atoms with Gasteiger partial charge in [-0.2, -0.15) is 23.5 Å². The summed E-state index contributed by atoms with van der Waals surface area (Å²) in [6.07, 6.45) is 2.53. The van der Waals surface area contributed by atoms with E-state index in [1.54, 1.807) is 0 Å². The summed E-state index contributed by atoms with van der Waals surface area (Å²) in [4.78, 5) is 0. The maximum atomic E-state index is 5.66. The summed E-state index contributed by atoms with van der Waals surface area (Å²) in [6, 6.07) is 0.493. The zero-order chi connectivity index (χ0) is 10.4. The van der Waals surface area contributed by atoms with E-state index in [2.05, 4.69) is 42.8 Å². The highest BCUT2D eigenvalue weighted by Crippen LogP contribution is 2.30. The molecular weight excluding hydrogens is 212 g/mol. The fraction of sp³-hybridized carbons (Fsp3) is 1.00. The molecule has 0 radical (unpaired) electrons. The molecule has 2 nitrogen and oxygen atoms in total. The van der Waals surface area contributed by atoms with Gasteiger partial charge in [0.05, 0.1) is 0 Å². The normalized spacial score (nSPS) is 27.2. The van der Waals surface area contributed by atoms with Gasteiger partial charge in [-0.25, -0.2) is 0 Å². The lowest BCUT2D eigenvalue weighted by atomic mass is 9.95. The highest BCUT2D eigenvalue weighted by Gasteiger charge is 2.27. The van der Waals surface area contributed by atoms with E-state index in [9.17, 15) is 0 Å². The maximum Gasteiger partial charge on any atom is 0.0362 e. The third-order valence-electron chi connectivity index (χ3n) is 2.79. The summed E-state index contributed by atoms with van der Waals surface area (Å²) < 4.78 is 0. The number of hydrogen-bond acceptors (Lipinski definition) is 4. The van der Waals surface area contributed by atoms with Crippen LogP contribution in [0.2, 0.25) is 0 Å². The molecule has 0 bridgehead atoms. The van der Waals surface area contributed by atoms with E-state index >= 15 is 0 Å². The van der Waals surface area contributed by atoms with Gasteiger partial charge in [-0.15, -0.1) is 0 Å².